The highest BCUT2D eigenvalue weighted by Crippen LogP contribution is 2.36. The van der Waals surface area contributed by atoms with Gasteiger partial charge in [0.15, 0.2) is 0 Å². The summed E-state index contributed by atoms with van der Waals surface area (Å²) < 4.78 is 5.24. The zero-order valence-corrected chi connectivity index (χ0v) is 9.63. The Labute approximate surface area is 87.1 Å². The number of carbonyl (C=O) groups excluding carboxylic acids is 1. The second-order valence-corrected chi connectivity index (χ2v) is 4.79. The molecule has 0 bridgehead atoms. The van der Waals surface area contributed by atoms with Gasteiger partial charge in [0, 0.05) is 6.04 Å². The van der Waals surface area contributed by atoms with Crippen molar-refractivity contribution >= 4 is 21.9 Å². The monoisotopic (exact) mass is 249 g/mol. The molecule has 2 atom stereocenters. The van der Waals surface area contributed by atoms with Crippen molar-refractivity contribution in [1.82, 2.24) is 0 Å². The number of halogens is 1. The Morgan fingerprint density at radius 3 is 2.62 bits per heavy atom. The molecule has 1 aliphatic rings. The SMILES string of the molecule is CC(C)(CC1CC1N)OC(=O)CBr. The first-order valence-electron chi connectivity index (χ1n) is 4.48. The van der Waals surface area contributed by atoms with Gasteiger partial charge >= 0.3 is 5.97 Å². The molecule has 0 aromatic rings. The van der Waals surface area contributed by atoms with Crippen LogP contribution in [0.3, 0.4) is 0 Å². The van der Waals surface area contributed by atoms with E-state index in [-0.39, 0.29) is 16.9 Å². The van der Waals surface area contributed by atoms with Crippen molar-refractivity contribution in [2.75, 3.05) is 5.33 Å². The molecular weight excluding hydrogens is 234 g/mol. The third kappa shape index (κ3) is 3.65. The van der Waals surface area contributed by atoms with Crippen LogP contribution in [0.25, 0.3) is 0 Å². The van der Waals surface area contributed by atoms with Gasteiger partial charge in [0.05, 0.1) is 0 Å². The van der Waals surface area contributed by atoms with Gasteiger partial charge in [-0.1, -0.05) is 15.9 Å². The van der Waals surface area contributed by atoms with Crippen LogP contribution in [0.5, 0.6) is 0 Å². The summed E-state index contributed by atoms with van der Waals surface area (Å²) in [6.07, 6.45) is 1.93. The summed E-state index contributed by atoms with van der Waals surface area (Å²) in [6.45, 7) is 3.86. The molecule has 0 radical (unpaired) electrons. The van der Waals surface area contributed by atoms with Gasteiger partial charge in [-0.2, -0.15) is 0 Å². The van der Waals surface area contributed by atoms with E-state index in [9.17, 15) is 4.79 Å². The van der Waals surface area contributed by atoms with Crippen molar-refractivity contribution < 1.29 is 9.53 Å². The highest BCUT2D eigenvalue weighted by molar-refractivity contribution is 9.09. The molecule has 1 saturated carbocycles. The van der Waals surface area contributed by atoms with E-state index in [1.54, 1.807) is 0 Å². The lowest BCUT2D eigenvalue weighted by Crippen LogP contribution is -2.30. The maximum Gasteiger partial charge on any atom is 0.317 e. The highest BCUT2D eigenvalue weighted by Gasteiger charge is 2.39. The van der Waals surface area contributed by atoms with Crippen molar-refractivity contribution in [3.05, 3.63) is 0 Å². The number of carbonyl (C=O) groups is 1. The van der Waals surface area contributed by atoms with Gasteiger partial charge in [-0.15, -0.1) is 0 Å². The molecule has 76 valence electrons. The van der Waals surface area contributed by atoms with Gasteiger partial charge in [-0.3, -0.25) is 4.79 Å². The van der Waals surface area contributed by atoms with Crippen LogP contribution < -0.4 is 5.73 Å². The molecule has 4 heteroatoms. The van der Waals surface area contributed by atoms with Gasteiger partial charge in [0.25, 0.3) is 0 Å². The summed E-state index contributed by atoms with van der Waals surface area (Å²) in [5.74, 6) is 0.331. The fourth-order valence-corrected chi connectivity index (χ4v) is 1.63. The first-order chi connectivity index (χ1) is 5.94. The molecule has 0 spiro atoms. The average molecular weight is 250 g/mol. The summed E-state index contributed by atoms with van der Waals surface area (Å²) in [6, 6.07) is 0.321. The summed E-state index contributed by atoms with van der Waals surface area (Å²) in [5, 5.41) is 0.257. The Hall–Kier alpha value is -0.0900. The van der Waals surface area contributed by atoms with Crippen LogP contribution in [-0.4, -0.2) is 22.9 Å². The second kappa shape index (κ2) is 3.96. The van der Waals surface area contributed by atoms with Gasteiger partial charge < -0.3 is 10.5 Å². The predicted molar refractivity (Wildman–Crippen MR) is 54.7 cm³/mol. The average Bonchev–Trinajstić information content (AvgIpc) is 2.63. The molecule has 1 fully saturated rings. The Morgan fingerprint density at radius 2 is 2.23 bits per heavy atom. The third-order valence-electron chi connectivity index (χ3n) is 2.23. The largest absolute Gasteiger partial charge is 0.459 e. The molecule has 0 saturated heterocycles. The predicted octanol–water partition coefficient (Wildman–Crippen LogP) is 1.44. The molecule has 0 aromatic carbocycles. The van der Waals surface area contributed by atoms with E-state index in [1.165, 1.54) is 0 Å². The quantitative estimate of drug-likeness (QED) is 0.606. The molecule has 2 unspecified atom stereocenters. The third-order valence-corrected chi connectivity index (χ3v) is 2.69. The van der Waals surface area contributed by atoms with Crippen LogP contribution in [0.2, 0.25) is 0 Å². The van der Waals surface area contributed by atoms with Crippen LogP contribution in [0.1, 0.15) is 26.7 Å². The molecule has 1 aliphatic carbocycles. The topological polar surface area (TPSA) is 52.3 Å². The van der Waals surface area contributed by atoms with E-state index in [4.69, 9.17) is 10.5 Å². The zero-order chi connectivity index (χ0) is 10.1. The molecular formula is C9H16BrNO2. The number of hydrogen-bond acceptors (Lipinski definition) is 3. The Balaban J connectivity index is 2.32. The Morgan fingerprint density at radius 1 is 1.69 bits per heavy atom. The van der Waals surface area contributed by atoms with Crippen molar-refractivity contribution in [3.8, 4) is 0 Å². The minimum Gasteiger partial charge on any atom is -0.459 e. The molecule has 13 heavy (non-hydrogen) atoms. The summed E-state index contributed by atoms with van der Waals surface area (Å²) in [4.78, 5) is 11.0. The minimum absolute atomic E-state index is 0.209. The first kappa shape index (κ1) is 11.0. The normalized spacial score (nSPS) is 27.1. The van der Waals surface area contributed by atoms with Crippen LogP contribution in [0.15, 0.2) is 0 Å². The van der Waals surface area contributed by atoms with Crippen molar-refractivity contribution in [3.63, 3.8) is 0 Å². The summed E-state index contributed by atoms with van der Waals surface area (Å²) in [7, 11) is 0. The lowest BCUT2D eigenvalue weighted by molar-refractivity contribution is -0.153. The lowest BCUT2D eigenvalue weighted by atomic mass is 10.0. The summed E-state index contributed by atoms with van der Waals surface area (Å²) in [5.41, 5.74) is 5.32. The van der Waals surface area contributed by atoms with Crippen molar-refractivity contribution in [2.45, 2.75) is 38.3 Å². The van der Waals surface area contributed by atoms with E-state index in [2.05, 4.69) is 15.9 Å². The van der Waals surface area contributed by atoms with E-state index < -0.39 is 0 Å². The van der Waals surface area contributed by atoms with E-state index in [0.29, 0.717) is 12.0 Å². The van der Waals surface area contributed by atoms with Crippen LogP contribution in [0, 0.1) is 5.92 Å². The molecule has 0 amide bonds. The van der Waals surface area contributed by atoms with E-state index in [1.807, 2.05) is 13.8 Å². The maximum absolute atomic E-state index is 11.0. The number of hydrogen-bond donors (Lipinski definition) is 1. The fraction of sp³-hybridized carbons (Fsp3) is 0.889. The Kier molecular flexibility index (Phi) is 3.35. The van der Waals surface area contributed by atoms with Crippen molar-refractivity contribution in [2.24, 2.45) is 11.7 Å². The van der Waals surface area contributed by atoms with Crippen molar-refractivity contribution in [1.29, 1.82) is 0 Å². The molecule has 0 heterocycles. The Bertz CT molecular complexity index is 206. The molecule has 0 aromatic heterocycles. The number of alkyl halides is 1. The van der Waals surface area contributed by atoms with Gasteiger partial charge in [0.1, 0.15) is 10.9 Å². The smallest absolute Gasteiger partial charge is 0.317 e. The number of nitrogens with two attached hydrogens (primary N) is 1. The maximum atomic E-state index is 11.0. The molecule has 1 rings (SSSR count). The molecule has 2 N–H and O–H groups in total. The first-order valence-corrected chi connectivity index (χ1v) is 5.60. The van der Waals surface area contributed by atoms with E-state index in [0.717, 1.165) is 12.8 Å². The standard InChI is InChI=1S/C9H16BrNO2/c1-9(2,13-8(12)5-10)4-6-3-7(6)11/h6-7H,3-5,11H2,1-2H3. The number of rotatable bonds is 4. The molecule has 3 nitrogen and oxygen atoms in total. The van der Waals surface area contributed by atoms with Crippen LogP contribution in [0.4, 0.5) is 0 Å². The second-order valence-electron chi connectivity index (χ2n) is 4.23. The lowest BCUT2D eigenvalue weighted by Gasteiger charge is -2.24. The number of esters is 1. The van der Waals surface area contributed by atoms with Gasteiger partial charge in [-0.25, -0.2) is 0 Å². The number of ether oxygens (including phenoxy) is 1. The highest BCUT2D eigenvalue weighted by atomic mass is 79.9. The zero-order valence-electron chi connectivity index (χ0n) is 8.05. The van der Waals surface area contributed by atoms with Gasteiger partial charge in [-0.05, 0) is 32.6 Å². The van der Waals surface area contributed by atoms with Crippen LogP contribution in [-0.2, 0) is 9.53 Å². The molecule has 0 aliphatic heterocycles. The fourth-order valence-electron chi connectivity index (χ4n) is 1.51. The van der Waals surface area contributed by atoms with Gasteiger partial charge in [0.2, 0.25) is 0 Å². The minimum atomic E-state index is -0.371. The van der Waals surface area contributed by atoms with E-state index >= 15 is 0 Å². The van der Waals surface area contributed by atoms with Crippen LogP contribution >= 0.6 is 15.9 Å². The summed E-state index contributed by atoms with van der Waals surface area (Å²) >= 11 is 3.06.